The average Bonchev–Trinajstić information content (AvgIpc) is 2.77. The zero-order valence-corrected chi connectivity index (χ0v) is 10.9. The van der Waals surface area contributed by atoms with Crippen LogP contribution in [-0.2, 0) is 10.0 Å². The Balaban J connectivity index is 2.39. The van der Waals surface area contributed by atoms with E-state index in [1.54, 1.807) is 6.07 Å². The standard InChI is InChI=1S/C10H17NO3S2/c1-2-3-6-16(13,14)11-7-10(12)9-4-5-15-8-9/h4-5,8,10-12H,2-3,6-7H2,1H3. The summed E-state index contributed by atoms with van der Waals surface area (Å²) in [7, 11) is -3.24. The van der Waals surface area contributed by atoms with Crippen LogP contribution in [0.3, 0.4) is 0 Å². The summed E-state index contributed by atoms with van der Waals surface area (Å²) in [6, 6.07) is 1.79. The molecule has 92 valence electrons. The van der Waals surface area contributed by atoms with Gasteiger partial charge in [0.25, 0.3) is 0 Å². The summed E-state index contributed by atoms with van der Waals surface area (Å²) >= 11 is 1.48. The van der Waals surface area contributed by atoms with Gasteiger partial charge in [-0.2, -0.15) is 11.3 Å². The summed E-state index contributed by atoms with van der Waals surface area (Å²) in [6.45, 7) is 1.98. The van der Waals surface area contributed by atoms with Crippen LogP contribution >= 0.6 is 11.3 Å². The number of unbranched alkanes of at least 4 members (excludes halogenated alkanes) is 1. The van der Waals surface area contributed by atoms with Crippen LogP contribution in [0.2, 0.25) is 0 Å². The number of hydrogen-bond donors (Lipinski definition) is 2. The first-order chi connectivity index (χ1) is 7.55. The van der Waals surface area contributed by atoms with E-state index >= 15 is 0 Å². The lowest BCUT2D eigenvalue weighted by Crippen LogP contribution is -2.30. The first kappa shape index (κ1) is 13.6. The Morgan fingerprint density at radius 3 is 2.88 bits per heavy atom. The van der Waals surface area contributed by atoms with Gasteiger partial charge in [-0.3, -0.25) is 0 Å². The van der Waals surface area contributed by atoms with Crippen LogP contribution in [0.15, 0.2) is 16.8 Å². The Kier molecular flexibility index (Phi) is 5.40. The molecule has 0 fully saturated rings. The van der Waals surface area contributed by atoms with Crippen LogP contribution in [0.4, 0.5) is 0 Å². The Morgan fingerprint density at radius 1 is 1.56 bits per heavy atom. The SMILES string of the molecule is CCCCS(=O)(=O)NCC(O)c1ccsc1. The van der Waals surface area contributed by atoms with E-state index < -0.39 is 16.1 Å². The molecule has 0 saturated heterocycles. The highest BCUT2D eigenvalue weighted by Crippen LogP contribution is 2.15. The van der Waals surface area contributed by atoms with Crippen LogP contribution in [0, 0.1) is 0 Å². The third-order valence-electron chi connectivity index (χ3n) is 2.19. The van der Waals surface area contributed by atoms with Crippen molar-refractivity contribution in [2.45, 2.75) is 25.9 Å². The van der Waals surface area contributed by atoms with Gasteiger partial charge in [-0.1, -0.05) is 13.3 Å². The number of rotatable bonds is 7. The molecule has 4 nitrogen and oxygen atoms in total. The topological polar surface area (TPSA) is 66.4 Å². The van der Waals surface area contributed by atoms with Crippen molar-refractivity contribution >= 4 is 21.4 Å². The van der Waals surface area contributed by atoms with Crippen molar-refractivity contribution in [3.63, 3.8) is 0 Å². The number of aliphatic hydroxyl groups excluding tert-OH is 1. The van der Waals surface area contributed by atoms with E-state index in [1.807, 2.05) is 17.7 Å². The minimum Gasteiger partial charge on any atom is -0.387 e. The molecule has 1 rings (SSSR count). The summed E-state index contributed by atoms with van der Waals surface area (Å²) in [5.74, 6) is 0.125. The molecule has 0 saturated carbocycles. The second-order valence-corrected chi connectivity index (χ2v) is 6.30. The van der Waals surface area contributed by atoms with Crippen molar-refractivity contribution in [1.29, 1.82) is 0 Å². The highest BCUT2D eigenvalue weighted by molar-refractivity contribution is 7.89. The predicted octanol–water partition coefficient (Wildman–Crippen LogP) is 1.50. The molecule has 0 aromatic carbocycles. The minimum absolute atomic E-state index is 0.0444. The van der Waals surface area contributed by atoms with Gasteiger partial charge in [-0.15, -0.1) is 0 Å². The summed E-state index contributed by atoms with van der Waals surface area (Å²) in [5.41, 5.74) is 0.753. The molecular weight excluding hydrogens is 246 g/mol. The molecule has 0 aliphatic rings. The second kappa shape index (κ2) is 6.34. The van der Waals surface area contributed by atoms with Gasteiger partial charge in [0.05, 0.1) is 11.9 Å². The van der Waals surface area contributed by atoms with Crippen molar-refractivity contribution in [3.05, 3.63) is 22.4 Å². The van der Waals surface area contributed by atoms with Crippen LogP contribution in [0.5, 0.6) is 0 Å². The molecular formula is C10H17NO3S2. The Labute approximate surface area is 100 Å². The Bertz CT molecular complexity index is 386. The highest BCUT2D eigenvalue weighted by atomic mass is 32.2. The van der Waals surface area contributed by atoms with Crippen LogP contribution in [0.25, 0.3) is 0 Å². The molecule has 0 radical (unpaired) electrons. The quantitative estimate of drug-likeness (QED) is 0.783. The van der Waals surface area contributed by atoms with Gasteiger partial charge in [0, 0.05) is 6.54 Å². The number of aliphatic hydroxyl groups is 1. The maximum Gasteiger partial charge on any atom is 0.211 e. The average molecular weight is 263 g/mol. The third kappa shape index (κ3) is 4.61. The summed E-state index contributed by atoms with van der Waals surface area (Å²) < 4.78 is 25.3. The van der Waals surface area contributed by atoms with Gasteiger partial charge in [0.2, 0.25) is 10.0 Å². The zero-order chi connectivity index (χ0) is 12.0. The van der Waals surface area contributed by atoms with Crippen LogP contribution in [0.1, 0.15) is 31.4 Å². The molecule has 2 N–H and O–H groups in total. The largest absolute Gasteiger partial charge is 0.387 e. The monoisotopic (exact) mass is 263 g/mol. The number of nitrogens with one attached hydrogen (secondary N) is 1. The van der Waals surface area contributed by atoms with E-state index in [1.165, 1.54) is 11.3 Å². The smallest absolute Gasteiger partial charge is 0.211 e. The van der Waals surface area contributed by atoms with Crippen molar-refractivity contribution in [2.24, 2.45) is 0 Å². The van der Waals surface area contributed by atoms with E-state index in [4.69, 9.17) is 0 Å². The molecule has 0 aliphatic heterocycles. The summed E-state index contributed by atoms with van der Waals surface area (Å²) in [4.78, 5) is 0. The van der Waals surface area contributed by atoms with Gasteiger partial charge in [-0.25, -0.2) is 13.1 Å². The lowest BCUT2D eigenvalue weighted by atomic mass is 10.2. The van der Waals surface area contributed by atoms with Gasteiger partial charge < -0.3 is 5.11 Å². The van der Waals surface area contributed by atoms with Gasteiger partial charge in [0.1, 0.15) is 0 Å². The van der Waals surface area contributed by atoms with Crippen molar-refractivity contribution in [2.75, 3.05) is 12.3 Å². The molecule has 6 heteroatoms. The molecule has 1 aromatic rings. The summed E-state index contributed by atoms with van der Waals surface area (Å²) in [5, 5.41) is 13.3. The Morgan fingerprint density at radius 2 is 2.31 bits per heavy atom. The summed E-state index contributed by atoms with van der Waals surface area (Å²) in [6.07, 6.45) is 0.723. The molecule has 16 heavy (non-hydrogen) atoms. The van der Waals surface area contributed by atoms with Crippen molar-refractivity contribution in [3.8, 4) is 0 Å². The van der Waals surface area contributed by atoms with Gasteiger partial charge in [-0.05, 0) is 28.8 Å². The van der Waals surface area contributed by atoms with E-state index in [2.05, 4.69) is 4.72 Å². The third-order valence-corrected chi connectivity index (χ3v) is 4.33. The number of thiophene rings is 1. The van der Waals surface area contributed by atoms with Gasteiger partial charge >= 0.3 is 0 Å². The van der Waals surface area contributed by atoms with Crippen molar-refractivity contribution < 1.29 is 13.5 Å². The lowest BCUT2D eigenvalue weighted by molar-refractivity contribution is 0.182. The van der Waals surface area contributed by atoms with Gasteiger partial charge in [0.15, 0.2) is 0 Å². The first-order valence-corrected chi connectivity index (χ1v) is 7.82. The minimum atomic E-state index is -3.24. The first-order valence-electron chi connectivity index (χ1n) is 5.22. The van der Waals surface area contributed by atoms with E-state index in [0.717, 1.165) is 12.0 Å². The zero-order valence-electron chi connectivity index (χ0n) is 9.22. The number of hydrogen-bond acceptors (Lipinski definition) is 4. The maximum absolute atomic E-state index is 11.4. The number of sulfonamides is 1. The van der Waals surface area contributed by atoms with Crippen molar-refractivity contribution in [1.82, 2.24) is 4.72 Å². The van der Waals surface area contributed by atoms with E-state index in [9.17, 15) is 13.5 Å². The fraction of sp³-hybridized carbons (Fsp3) is 0.600. The van der Waals surface area contributed by atoms with Crippen LogP contribution < -0.4 is 4.72 Å². The molecule has 0 bridgehead atoms. The molecule has 0 aliphatic carbocycles. The normalized spacial score (nSPS) is 13.9. The molecule has 1 unspecified atom stereocenters. The van der Waals surface area contributed by atoms with Crippen LogP contribution in [-0.4, -0.2) is 25.8 Å². The maximum atomic E-state index is 11.4. The fourth-order valence-electron chi connectivity index (χ4n) is 1.19. The van der Waals surface area contributed by atoms with E-state index in [-0.39, 0.29) is 12.3 Å². The highest BCUT2D eigenvalue weighted by Gasteiger charge is 2.13. The fourth-order valence-corrected chi connectivity index (χ4v) is 3.13. The molecule has 1 atom stereocenters. The second-order valence-electron chi connectivity index (χ2n) is 3.59. The molecule has 0 spiro atoms. The Hall–Kier alpha value is -0.430. The predicted molar refractivity (Wildman–Crippen MR) is 66.0 cm³/mol. The van der Waals surface area contributed by atoms with E-state index in [0.29, 0.717) is 6.42 Å². The lowest BCUT2D eigenvalue weighted by Gasteiger charge is -2.10. The molecule has 1 heterocycles. The molecule has 0 amide bonds. The molecule has 1 aromatic heterocycles.